The maximum absolute atomic E-state index is 13.8. The van der Waals surface area contributed by atoms with Crippen LogP contribution in [0, 0.1) is 0 Å². The van der Waals surface area contributed by atoms with Gasteiger partial charge in [-0.3, -0.25) is 47.4 Å². The molecule has 0 saturated carbocycles. The van der Waals surface area contributed by atoms with Gasteiger partial charge in [-0.1, -0.05) is 114 Å². The van der Waals surface area contributed by atoms with Crippen molar-refractivity contribution in [3.8, 4) is 0 Å². The van der Waals surface area contributed by atoms with Crippen LogP contribution in [0.1, 0.15) is 155 Å². The molecule has 1 rings (SSSR count). The summed E-state index contributed by atoms with van der Waals surface area (Å²) < 4.78 is 34.5. The van der Waals surface area contributed by atoms with Gasteiger partial charge in [-0.05, 0) is 71.1 Å². The molecule has 23 heteroatoms. The zero-order chi connectivity index (χ0) is 57.5. The number of quaternary nitrogens is 1. The molecule has 0 spiro atoms. The summed E-state index contributed by atoms with van der Waals surface area (Å²) in [6.07, 6.45) is 16.5. The summed E-state index contributed by atoms with van der Waals surface area (Å²) in [5.74, 6) is -5.54. The van der Waals surface area contributed by atoms with Crippen LogP contribution in [0.15, 0.2) is 30.3 Å². The Kier molecular flexibility index (Phi) is 37.4. The maximum Gasteiger partial charge on any atom is 0.472 e. The molecule has 1 unspecified atom stereocenters. The number of benzene rings is 1. The molecule has 5 atom stereocenters. The lowest BCUT2D eigenvalue weighted by Gasteiger charge is -2.25. The number of esters is 2. The quantitative estimate of drug-likeness (QED) is 0.0194. The number of carboxylic acids is 1. The Morgan fingerprint density at radius 3 is 1.81 bits per heavy atom. The summed E-state index contributed by atoms with van der Waals surface area (Å²) in [6.45, 7) is 4.39. The van der Waals surface area contributed by atoms with E-state index < -0.39 is 99.2 Å². The van der Waals surface area contributed by atoms with Crippen molar-refractivity contribution in [2.24, 2.45) is 0 Å². The highest BCUT2D eigenvalue weighted by Gasteiger charge is 2.30. The minimum Gasteiger partial charge on any atom is -0.480 e. The van der Waals surface area contributed by atoms with Gasteiger partial charge in [-0.15, -0.1) is 0 Å². The molecule has 0 fully saturated rings. The molecule has 0 bridgehead atoms. The number of carboxylic acid groups (broad SMARTS) is 1. The zero-order valence-electron chi connectivity index (χ0n) is 47.2. The van der Waals surface area contributed by atoms with Gasteiger partial charge >= 0.3 is 25.7 Å². The monoisotopic (exact) mass is 1110 g/mol. The normalized spacial score (nSPS) is 13.8. The van der Waals surface area contributed by atoms with Crippen LogP contribution in [-0.2, 0) is 67.9 Å². The largest absolute Gasteiger partial charge is 0.480 e. The van der Waals surface area contributed by atoms with Crippen molar-refractivity contribution in [1.29, 1.82) is 0 Å². The number of carbonyl (C=O) groups excluding carboxylic acids is 7. The minimum atomic E-state index is -4.51. The lowest BCUT2D eigenvalue weighted by Crippen LogP contribution is -2.57. The fourth-order valence-electron chi connectivity index (χ4n) is 7.84. The van der Waals surface area contributed by atoms with Gasteiger partial charge in [0.25, 0.3) is 0 Å². The fraction of sp³-hybridized carbons (Fsp3) is 0.741. The van der Waals surface area contributed by atoms with Crippen molar-refractivity contribution in [1.82, 2.24) is 31.5 Å². The molecule has 0 saturated heterocycles. The Labute approximate surface area is 457 Å². The number of rotatable bonds is 46. The van der Waals surface area contributed by atoms with Crippen LogP contribution >= 0.6 is 7.82 Å². The summed E-state index contributed by atoms with van der Waals surface area (Å²) >= 11 is 0. The molecule has 0 heterocycles. The van der Waals surface area contributed by atoms with Crippen LogP contribution in [0.3, 0.4) is 0 Å². The van der Waals surface area contributed by atoms with Crippen LogP contribution in [0.5, 0.6) is 0 Å². The number of unbranched alkanes of at least 4 members (excludes halogenated alkanes) is 14. The van der Waals surface area contributed by atoms with Crippen LogP contribution in [0.2, 0.25) is 0 Å². The second kappa shape index (κ2) is 41.1. The molecule has 1 aromatic carbocycles. The zero-order valence-corrected chi connectivity index (χ0v) is 48.1. The molecule has 0 aliphatic rings. The number of phosphoric acid groups is 1. The number of nitrogens with one attached hydrogen (secondary N) is 5. The lowest BCUT2D eigenvalue weighted by molar-refractivity contribution is -0.870. The summed E-state index contributed by atoms with van der Waals surface area (Å²) in [7, 11) is 3.07. The van der Waals surface area contributed by atoms with Crippen LogP contribution in [0.4, 0.5) is 0 Å². The first-order valence-electron chi connectivity index (χ1n) is 27.6. The van der Waals surface area contributed by atoms with Gasteiger partial charge in [0, 0.05) is 26.2 Å². The molecule has 1 aromatic rings. The van der Waals surface area contributed by atoms with Crippen molar-refractivity contribution in [2.75, 3.05) is 80.7 Å². The first-order chi connectivity index (χ1) is 36.5. The van der Waals surface area contributed by atoms with Crippen molar-refractivity contribution in [3.05, 3.63) is 35.9 Å². The van der Waals surface area contributed by atoms with E-state index in [1.807, 2.05) is 33.1 Å². The second-order valence-corrected chi connectivity index (χ2v) is 22.2. The molecule has 22 nitrogen and oxygen atoms in total. The van der Waals surface area contributed by atoms with E-state index in [-0.39, 0.29) is 38.9 Å². The Balaban J connectivity index is 2.79. The number of hydrogen-bond donors (Lipinski definition) is 7. The third kappa shape index (κ3) is 39.1. The van der Waals surface area contributed by atoms with E-state index in [1.54, 1.807) is 30.3 Å². The smallest absolute Gasteiger partial charge is 0.472 e. The van der Waals surface area contributed by atoms with Crippen molar-refractivity contribution in [3.63, 3.8) is 0 Å². The average Bonchev–Trinajstić information content (AvgIpc) is 3.36. The number of phosphoric ester groups is 1. The molecule has 77 heavy (non-hydrogen) atoms. The van der Waals surface area contributed by atoms with Gasteiger partial charge in [-0.2, -0.15) is 0 Å². The van der Waals surface area contributed by atoms with Crippen molar-refractivity contribution in [2.45, 2.75) is 180 Å². The first kappa shape index (κ1) is 70.0. The molecule has 0 aliphatic heterocycles. The van der Waals surface area contributed by atoms with Gasteiger partial charge in [-0.25, -0.2) is 4.57 Å². The highest BCUT2D eigenvalue weighted by molar-refractivity contribution is 7.47. The number of nitrogens with zero attached hydrogens (tertiary/aromatic N) is 2. The molecule has 440 valence electrons. The molecule has 7 N–H and O–H groups in total. The summed E-state index contributed by atoms with van der Waals surface area (Å²) in [6, 6.07) is 5.61. The van der Waals surface area contributed by atoms with E-state index in [0.717, 1.165) is 19.3 Å². The van der Waals surface area contributed by atoms with E-state index in [2.05, 4.69) is 33.5 Å². The van der Waals surface area contributed by atoms with E-state index >= 15 is 0 Å². The summed E-state index contributed by atoms with van der Waals surface area (Å²) in [5, 5.41) is 21.4. The minimum absolute atomic E-state index is 0.0106. The SMILES string of the molecule is CCCCCCCCCCCCCCCC(=O)OC[C@@H](COP(=O)(O)OCC[N+](C)(C)C)OC(=O)CCCCN(C)CCCC[C@H](NC(=O)[C@H](Cc1ccccc1)NC(=O)[C@H](C)NC(C)=O)C(=O)NCC(=O)NCC(=O)O. The van der Waals surface area contributed by atoms with Gasteiger partial charge in [0.05, 0.1) is 34.3 Å². The molecular weight excluding hydrogens is 1020 g/mol. The van der Waals surface area contributed by atoms with Crippen LogP contribution < -0.4 is 26.6 Å². The van der Waals surface area contributed by atoms with Crippen LogP contribution in [0.25, 0.3) is 0 Å². The fourth-order valence-corrected chi connectivity index (χ4v) is 8.58. The molecular formula is C54H95N7O15P+. The third-order valence-electron chi connectivity index (χ3n) is 12.3. The van der Waals surface area contributed by atoms with Gasteiger partial charge in [0.2, 0.25) is 29.5 Å². The number of aliphatic carboxylic acids is 1. The van der Waals surface area contributed by atoms with Gasteiger partial charge in [0.1, 0.15) is 44.4 Å². The van der Waals surface area contributed by atoms with E-state index in [1.165, 1.54) is 71.6 Å². The van der Waals surface area contributed by atoms with Gasteiger partial charge in [0.15, 0.2) is 6.10 Å². The Morgan fingerprint density at radius 1 is 0.662 bits per heavy atom. The Morgan fingerprint density at radius 2 is 1.22 bits per heavy atom. The van der Waals surface area contributed by atoms with Crippen LogP contribution in [-0.4, -0.2) is 172 Å². The molecule has 0 aliphatic carbocycles. The Bertz CT molecular complexity index is 1940. The number of hydrogen-bond acceptors (Lipinski definition) is 14. The summed E-state index contributed by atoms with van der Waals surface area (Å²) in [5.41, 5.74) is 0.714. The molecule has 0 radical (unpaired) electrons. The number of ether oxygens (including phenoxy) is 2. The standard InChI is InChI=1S/C54H94N7O15P/c1-8-9-10-11-12-13-14-15-16-17-18-19-23-31-50(66)73-40-45(41-75-77(71,72)74-36-35-61(5,6)7)76-51(67)32-25-27-34-60(4)33-26-24-30-46(53(69)56-38-48(63)55-39-49(64)65)58-54(70)47(37-44-28-21-20-22-29-44)59-52(68)42(2)57-43(3)62/h20-22,28-29,42,45-47H,8-19,23-27,30-41H2,1-7H3,(H6-,55,56,57,58,59,62,63,64,65,68,69,70,71,72)/p+1/t42-,45-,46-,47-/m0/s1. The topological polar surface area (TPSA) is 294 Å². The predicted molar refractivity (Wildman–Crippen MR) is 292 cm³/mol. The maximum atomic E-state index is 13.8. The number of amides is 5. The average molecular weight is 1110 g/mol. The van der Waals surface area contributed by atoms with Crippen molar-refractivity contribution >= 4 is 55.3 Å². The van der Waals surface area contributed by atoms with E-state index in [9.17, 15) is 47.8 Å². The number of carbonyl (C=O) groups is 8. The van der Waals surface area contributed by atoms with Crippen molar-refractivity contribution < 1.29 is 75.9 Å². The highest BCUT2D eigenvalue weighted by atomic mass is 31.2. The molecule has 0 aromatic heterocycles. The van der Waals surface area contributed by atoms with E-state index in [4.69, 9.17) is 23.6 Å². The third-order valence-corrected chi connectivity index (χ3v) is 13.3. The van der Waals surface area contributed by atoms with E-state index in [0.29, 0.717) is 61.8 Å². The number of likely N-dealkylation sites (N-methyl/N-ethyl adjacent to an activating group) is 1. The Hall–Kier alpha value is -4.99. The summed E-state index contributed by atoms with van der Waals surface area (Å²) in [4.78, 5) is 113. The van der Waals surface area contributed by atoms with Gasteiger partial charge < -0.3 is 55.4 Å². The molecule has 5 amide bonds. The first-order valence-corrected chi connectivity index (χ1v) is 29.1. The lowest BCUT2D eigenvalue weighted by atomic mass is 10.0. The predicted octanol–water partition coefficient (Wildman–Crippen LogP) is 5.09. The highest BCUT2D eigenvalue weighted by Crippen LogP contribution is 2.43. The second-order valence-electron chi connectivity index (χ2n) is 20.8.